The van der Waals surface area contributed by atoms with Crippen LogP contribution in [0, 0.1) is 5.92 Å². The summed E-state index contributed by atoms with van der Waals surface area (Å²) in [6.07, 6.45) is 2.32. The Morgan fingerprint density at radius 1 is 1.32 bits per heavy atom. The van der Waals surface area contributed by atoms with Gasteiger partial charge in [-0.05, 0) is 30.9 Å². The van der Waals surface area contributed by atoms with Crippen molar-refractivity contribution in [2.24, 2.45) is 13.0 Å². The number of hydrogen-bond donors (Lipinski definition) is 0. The molecule has 1 aromatic heterocycles. The molecule has 0 spiro atoms. The molecule has 2 aromatic rings. The molecule has 19 heavy (non-hydrogen) atoms. The fraction of sp³-hybridized carbons (Fsp3) is 0.533. The monoisotopic (exact) mass is 259 g/mol. The van der Waals surface area contributed by atoms with Gasteiger partial charge in [0, 0.05) is 33.9 Å². The molecule has 1 saturated heterocycles. The number of benzene rings is 1. The van der Waals surface area contributed by atoms with Gasteiger partial charge in [0.1, 0.15) is 0 Å². The Kier molecular flexibility index (Phi) is 3.42. The van der Waals surface area contributed by atoms with Gasteiger partial charge in [-0.25, -0.2) is 4.98 Å². The first-order valence-corrected chi connectivity index (χ1v) is 6.96. The summed E-state index contributed by atoms with van der Waals surface area (Å²) in [7, 11) is 4.22. The van der Waals surface area contributed by atoms with Crippen LogP contribution in [0.25, 0.3) is 11.0 Å². The molecule has 4 heteroatoms. The number of nitrogens with zero attached hydrogens (tertiary/aromatic N) is 3. The van der Waals surface area contributed by atoms with Gasteiger partial charge in [-0.15, -0.1) is 0 Å². The van der Waals surface area contributed by atoms with Crippen LogP contribution in [0.15, 0.2) is 24.3 Å². The zero-order chi connectivity index (χ0) is 13.2. The molecule has 0 radical (unpaired) electrons. The Morgan fingerprint density at radius 3 is 2.79 bits per heavy atom. The summed E-state index contributed by atoms with van der Waals surface area (Å²) in [6.45, 7) is 2.86. The molecule has 3 rings (SSSR count). The van der Waals surface area contributed by atoms with Crippen LogP contribution in [0.5, 0.6) is 0 Å². The van der Waals surface area contributed by atoms with Crippen LogP contribution in [0.1, 0.15) is 12.8 Å². The highest BCUT2D eigenvalue weighted by molar-refractivity contribution is 5.78. The maximum absolute atomic E-state index is 5.42. The summed E-state index contributed by atoms with van der Waals surface area (Å²) in [6, 6.07) is 8.29. The summed E-state index contributed by atoms with van der Waals surface area (Å²) in [5.41, 5.74) is 2.26. The number of anilines is 1. The van der Waals surface area contributed by atoms with Gasteiger partial charge >= 0.3 is 0 Å². The standard InChI is InChI=1S/C15H21N3O/c1-17(11-12-7-9-19-10-8-12)15-16-13-5-3-4-6-14(13)18(15)2/h3-6,12H,7-11H2,1-2H3. The highest BCUT2D eigenvalue weighted by Crippen LogP contribution is 2.23. The van der Waals surface area contributed by atoms with E-state index in [0.29, 0.717) is 0 Å². The quantitative estimate of drug-likeness (QED) is 0.848. The van der Waals surface area contributed by atoms with Crippen molar-refractivity contribution < 1.29 is 4.74 Å². The normalized spacial score (nSPS) is 16.9. The molecule has 1 aliphatic rings. The first-order chi connectivity index (χ1) is 9.25. The topological polar surface area (TPSA) is 30.3 Å². The van der Waals surface area contributed by atoms with Crippen molar-refractivity contribution in [2.45, 2.75) is 12.8 Å². The van der Waals surface area contributed by atoms with Crippen molar-refractivity contribution in [1.82, 2.24) is 9.55 Å². The molecule has 0 aliphatic carbocycles. The number of imidazole rings is 1. The smallest absolute Gasteiger partial charge is 0.206 e. The highest BCUT2D eigenvalue weighted by Gasteiger charge is 2.18. The Hall–Kier alpha value is -1.55. The van der Waals surface area contributed by atoms with Crippen molar-refractivity contribution in [2.75, 3.05) is 31.7 Å². The summed E-state index contributed by atoms with van der Waals surface area (Å²) < 4.78 is 7.59. The molecule has 0 N–H and O–H groups in total. The van der Waals surface area contributed by atoms with Crippen molar-refractivity contribution in [3.05, 3.63) is 24.3 Å². The second kappa shape index (κ2) is 5.21. The maximum Gasteiger partial charge on any atom is 0.206 e. The zero-order valence-electron chi connectivity index (χ0n) is 11.7. The second-order valence-electron chi connectivity index (χ2n) is 5.40. The second-order valence-corrected chi connectivity index (χ2v) is 5.40. The molecular formula is C15H21N3O. The van der Waals surface area contributed by atoms with E-state index in [9.17, 15) is 0 Å². The van der Waals surface area contributed by atoms with E-state index in [2.05, 4.69) is 41.8 Å². The predicted octanol–water partition coefficient (Wildman–Crippen LogP) is 2.44. The molecule has 1 fully saturated rings. The third-order valence-corrected chi connectivity index (χ3v) is 3.98. The third-order valence-electron chi connectivity index (χ3n) is 3.98. The molecule has 0 unspecified atom stereocenters. The van der Waals surface area contributed by atoms with Gasteiger partial charge in [-0.1, -0.05) is 12.1 Å². The predicted molar refractivity (Wildman–Crippen MR) is 77.5 cm³/mol. The number of aryl methyl sites for hydroxylation is 1. The van der Waals surface area contributed by atoms with Crippen molar-refractivity contribution in [3.63, 3.8) is 0 Å². The van der Waals surface area contributed by atoms with Gasteiger partial charge < -0.3 is 14.2 Å². The number of aromatic nitrogens is 2. The molecule has 0 amide bonds. The Labute approximate surface area is 114 Å². The van der Waals surface area contributed by atoms with Crippen LogP contribution in [0.2, 0.25) is 0 Å². The largest absolute Gasteiger partial charge is 0.381 e. The SMILES string of the molecule is CN(CC1CCOCC1)c1nc2ccccc2n1C. The number of ether oxygens (including phenoxy) is 1. The van der Waals surface area contributed by atoms with Gasteiger partial charge in [0.15, 0.2) is 0 Å². The van der Waals surface area contributed by atoms with Crippen molar-refractivity contribution in [3.8, 4) is 0 Å². The maximum atomic E-state index is 5.42. The molecule has 1 aromatic carbocycles. The number of hydrogen-bond acceptors (Lipinski definition) is 3. The minimum Gasteiger partial charge on any atom is -0.381 e. The van der Waals surface area contributed by atoms with Gasteiger partial charge in [0.25, 0.3) is 0 Å². The van der Waals surface area contributed by atoms with Crippen LogP contribution in [0.4, 0.5) is 5.95 Å². The summed E-state index contributed by atoms with van der Waals surface area (Å²) in [5.74, 6) is 1.77. The van der Waals surface area contributed by atoms with Crippen LogP contribution in [-0.4, -0.2) is 36.4 Å². The molecule has 102 valence electrons. The minimum atomic E-state index is 0.721. The third kappa shape index (κ3) is 2.45. The molecule has 0 bridgehead atoms. The minimum absolute atomic E-state index is 0.721. The average Bonchev–Trinajstić information content (AvgIpc) is 2.78. The first-order valence-electron chi connectivity index (χ1n) is 6.96. The lowest BCUT2D eigenvalue weighted by Gasteiger charge is -2.27. The van der Waals surface area contributed by atoms with Crippen molar-refractivity contribution in [1.29, 1.82) is 0 Å². The van der Waals surface area contributed by atoms with Crippen LogP contribution in [0.3, 0.4) is 0 Å². The summed E-state index contributed by atoms with van der Waals surface area (Å²) >= 11 is 0. The van der Waals surface area contributed by atoms with Crippen LogP contribution >= 0.6 is 0 Å². The molecule has 2 heterocycles. The lowest BCUT2D eigenvalue weighted by molar-refractivity contribution is 0.0684. The molecule has 4 nitrogen and oxygen atoms in total. The summed E-state index contributed by atoms with van der Waals surface area (Å²) in [5, 5.41) is 0. The Bertz CT molecular complexity index is 558. The fourth-order valence-electron chi connectivity index (χ4n) is 2.87. The van der Waals surface area contributed by atoms with Crippen LogP contribution in [-0.2, 0) is 11.8 Å². The van der Waals surface area contributed by atoms with E-state index in [1.54, 1.807) is 0 Å². The molecule has 0 atom stereocenters. The summed E-state index contributed by atoms with van der Waals surface area (Å²) in [4.78, 5) is 7.01. The van der Waals surface area contributed by atoms with E-state index in [1.807, 2.05) is 6.07 Å². The van der Waals surface area contributed by atoms with Gasteiger partial charge in [0.2, 0.25) is 5.95 Å². The van der Waals surface area contributed by atoms with Crippen molar-refractivity contribution >= 4 is 17.0 Å². The average molecular weight is 259 g/mol. The molecule has 1 aliphatic heterocycles. The Morgan fingerprint density at radius 2 is 2.05 bits per heavy atom. The number of para-hydroxylation sites is 2. The fourth-order valence-corrected chi connectivity index (χ4v) is 2.87. The number of rotatable bonds is 3. The Balaban J connectivity index is 1.80. The van der Waals surface area contributed by atoms with Gasteiger partial charge in [0.05, 0.1) is 11.0 Å². The van der Waals surface area contributed by atoms with Gasteiger partial charge in [-0.2, -0.15) is 0 Å². The highest BCUT2D eigenvalue weighted by atomic mass is 16.5. The van der Waals surface area contributed by atoms with E-state index >= 15 is 0 Å². The lowest BCUT2D eigenvalue weighted by Crippen LogP contribution is -2.31. The van der Waals surface area contributed by atoms with E-state index in [4.69, 9.17) is 9.72 Å². The van der Waals surface area contributed by atoms with E-state index in [0.717, 1.165) is 50.0 Å². The van der Waals surface area contributed by atoms with E-state index < -0.39 is 0 Å². The molecule has 0 saturated carbocycles. The number of fused-ring (bicyclic) bond motifs is 1. The first kappa shape index (κ1) is 12.5. The van der Waals surface area contributed by atoms with E-state index in [-0.39, 0.29) is 0 Å². The zero-order valence-corrected chi connectivity index (χ0v) is 11.7. The van der Waals surface area contributed by atoms with Gasteiger partial charge in [-0.3, -0.25) is 0 Å². The van der Waals surface area contributed by atoms with E-state index in [1.165, 1.54) is 5.52 Å². The van der Waals surface area contributed by atoms with Crippen LogP contribution < -0.4 is 4.90 Å². The molecular weight excluding hydrogens is 238 g/mol. The lowest BCUT2D eigenvalue weighted by atomic mass is 10.0.